The maximum absolute atomic E-state index is 13.1. The second-order valence-corrected chi connectivity index (χ2v) is 19.6. The van der Waals surface area contributed by atoms with Gasteiger partial charge in [-0.25, -0.2) is 0 Å². The van der Waals surface area contributed by atoms with Crippen LogP contribution in [0.25, 0.3) is 0 Å². The minimum Gasteiger partial charge on any atom is -0.462 e. The second kappa shape index (κ2) is 13.3. The highest BCUT2D eigenvalue weighted by Crippen LogP contribution is 2.77. The number of esters is 1. The lowest BCUT2D eigenvalue weighted by atomic mass is 9.32. The zero-order chi connectivity index (χ0) is 33.8. The molecule has 11 atom stereocenters. The molecular formula is C42H74O4. The van der Waals surface area contributed by atoms with Crippen LogP contribution in [0.2, 0.25) is 0 Å². The lowest BCUT2D eigenvalue weighted by molar-refractivity contribution is -0.267. The summed E-state index contributed by atoms with van der Waals surface area (Å²) in [5, 5.41) is 23.3. The summed E-state index contributed by atoms with van der Waals surface area (Å²) in [7, 11) is 0. The van der Waals surface area contributed by atoms with Crippen LogP contribution in [0.3, 0.4) is 0 Å². The van der Waals surface area contributed by atoms with Crippen molar-refractivity contribution in [2.45, 2.75) is 202 Å². The zero-order valence-corrected chi connectivity index (χ0v) is 31.7. The topological polar surface area (TPSA) is 66.8 Å². The summed E-state index contributed by atoms with van der Waals surface area (Å²) in [6.45, 7) is 21.2. The summed E-state index contributed by atoms with van der Waals surface area (Å²) in [6, 6.07) is 0. The molecular weight excluding hydrogens is 568 g/mol. The van der Waals surface area contributed by atoms with Gasteiger partial charge in [0.05, 0.1) is 11.7 Å². The van der Waals surface area contributed by atoms with Crippen molar-refractivity contribution >= 4 is 5.97 Å². The molecule has 2 N–H and O–H groups in total. The first-order valence-electron chi connectivity index (χ1n) is 20.1. The predicted molar refractivity (Wildman–Crippen MR) is 189 cm³/mol. The zero-order valence-electron chi connectivity index (χ0n) is 31.7. The maximum Gasteiger partial charge on any atom is 0.306 e. The van der Waals surface area contributed by atoms with Gasteiger partial charge < -0.3 is 14.9 Å². The highest BCUT2D eigenvalue weighted by atomic mass is 16.5. The Morgan fingerprint density at radius 1 is 0.739 bits per heavy atom. The van der Waals surface area contributed by atoms with Gasteiger partial charge in [-0.3, -0.25) is 4.79 Å². The van der Waals surface area contributed by atoms with Crippen molar-refractivity contribution in [3.05, 3.63) is 0 Å². The van der Waals surface area contributed by atoms with Crippen LogP contribution in [-0.4, -0.2) is 34.0 Å². The van der Waals surface area contributed by atoms with Crippen molar-refractivity contribution in [3.63, 3.8) is 0 Å². The summed E-state index contributed by atoms with van der Waals surface area (Å²) < 4.78 is 6.36. The van der Waals surface area contributed by atoms with Crippen LogP contribution in [0.5, 0.6) is 0 Å². The average molecular weight is 643 g/mol. The SMILES string of the molecule is CCCCCCCCCCCC(=O)OC1CCC2(C)C(CCC3(C)C2CCC2C4C(C(C)(C)O)CCC4(C)C(O)CC23C)C1(C)C. The molecule has 5 fully saturated rings. The number of fused-ring (bicyclic) bond motifs is 7. The molecule has 0 aromatic rings. The molecule has 0 bridgehead atoms. The van der Waals surface area contributed by atoms with Crippen molar-refractivity contribution in [2.24, 2.45) is 56.7 Å². The first-order chi connectivity index (χ1) is 21.5. The maximum atomic E-state index is 13.1. The fourth-order valence-corrected chi connectivity index (χ4v) is 13.7. The third-order valence-corrected chi connectivity index (χ3v) is 16.5. The minimum absolute atomic E-state index is 0.0103. The van der Waals surface area contributed by atoms with E-state index < -0.39 is 5.60 Å². The molecule has 5 aliphatic rings. The van der Waals surface area contributed by atoms with Crippen LogP contribution < -0.4 is 0 Å². The van der Waals surface area contributed by atoms with Crippen molar-refractivity contribution in [3.8, 4) is 0 Å². The van der Waals surface area contributed by atoms with Gasteiger partial charge in [0.2, 0.25) is 0 Å². The largest absolute Gasteiger partial charge is 0.462 e. The normalized spacial score (nSPS) is 44.9. The van der Waals surface area contributed by atoms with Crippen molar-refractivity contribution in [2.75, 3.05) is 0 Å². The summed E-state index contributed by atoms with van der Waals surface area (Å²) in [5.74, 6) is 2.34. The Morgan fingerprint density at radius 3 is 1.98 bits per heavy atom. The minimum atomic E-state index is -0.713. The molecule has 5 aliphatic carbocycles. The molecule has 0 aromatic carbocycles. The van der Waals surface area contributed by atoms with Crippen molar-refractivity contribution in [1.29, 1.82) is 0 Å². The Balaban J connectivity index is 1.25. The number of rotatable bonds is 12. The summed E-state index contributed by atoms with van der Waals surface area (Å²) in [4.78, 5) is 13.1. The van der Waals surface area contributed by atoms with Gasteiger partial charge in [0, 0.05) is 11.8 Å². The highest BCUT2D eigenvalue weighted by molar-refractivity contribution is 5.69. The van der Waals surface area contributed by atoms with E-state index in [1.54, 1.807) is 0 Å². The average Bonchev–Trinajstić information content (AvgIpc) is 3.34. The third-order valence-electron chi connectivity index (χ3n) is 16.5. The molecule has 11 unspecified atom stereocenters. The van der Waals surface area contributed by atoms with Crippen LogP contribution in [0.15, 0.2) is 0 Å². The molecule has 0 heterocycles. The van der Waals surface area contributed by atoms with E-state index >= 15 is 0 Å². The molecule has 4 nitrogen and oxygen atoms in total. The van der Waals surface area contributed by atoms with Crippen molar-refractivity contribution < 1.29 is 19.7 Å². The number of hydrogen-bond donors (Lipinski definition) is 2. The first kappa shape index (κ1) is 36.7. The predicted octanol–water partition coefficient (Wildman–Crippen LogP) is 10.7. The Hall–Kier alpha value is -0.610. The lowest BCUT2D eigenvalue weighted by Gasteiger charge is -2.73. The van der Waals surface area contributed by atoms with E-state index in [-0.39, 0.29) is 51.2 Å². The summed E-state index contributed by atoms with van der Waals surface area (Å²) in [6.07, 6.45) is 21.6. The van der Waals surface area contributed by atoms with E-state index in [4.69, 9.17) is 4.74 Å². The lowest BCUT2D eigenvalue weighted by Crippen LogP contribution is -2.68. The van der Waals surface area contributed by atoms with Gasteiger partial charge in [0.15, 0.2) is 0 Å². The molecule has 5 rings (SSSR count). The Morgan fingerprint density at radius 2 is 1.35 bits per heavy atom. The number of carbonyl (C=O) groups is 1. The van der Waals surface area contributed by atoms with E-state index in [9.17, 15) is 15.0 Å². The van der Waals surface area contributed by atoms with E-state index in [1.165, 1.54) is 70.6 Å². The van der Waals surface area contributed by atoms with Crippen LogP contribution in [0.1, 0.15) is 184 Å². The number of ether oxygens (including phenoxy) is 1. The van der Waals surface area contributed by atoms with E-state index in [0.717, 1.165) is 44.9 Å². The molecule has 0 saturated heterocycles. The molecule has 0 amide bonds. The summed E-state index contributed by atoms with van der Waals surface area (Å²) >= 11 is 0. The number of hydrogen-bond acceptors (Lipinski definition) is 4. The molecule has 0 spiro atoms. The Labute approximate surface area is 284 Å². The second-order valence-electron chi connectivity index (χ2n) is 19.6. The van der Waals surface area contributed by atoms with Crippen molar-refractivity contribution in [1.82, 2.24) is 0 Å². The number of aliphatic hydroxyl groups excluding tert-OH is 1. The molecule has 46 heavy (non-hydrogen) atoms. The monoisotopic (exact) mass is 643 g/mol. The van der Waals surface area contributed by atoms with Crippen LogP contribution in [0.4, 0.5) is 0 Å². The summed E-state index contributed by atoms with van der Waals surface area (Å²) in [5.41, 5.74) is -0.410. The molecule has 266 valence electrons. The van der Waals surface area contributed by atoms with E-state index in [1.807, 2.05) is 13.8 Å². The van der Waals surface area contributed by atoms with Crippen LogP contribution >= 0.6 is 0 Å². The molecule has 0 radical (unpaired) electrons. The van der Waals surface area contributed by atoms with Gasteiger partial charge in [0.25, 0.3) is 0 Å². The van der Waals surface area contributed by atoms with Gasteiger partial charge in [-0.15, -0.1) is 0 Å². The van der Waals surface area contributed by atoms with Gasteiger partial charge in [-0.2, -0.15) is 0 Å². The fraction of sp³-hybridized carbons (Fsp3) is 0.976. The van der Waals surface area contributed by atoms with Gasteiger partial charge in [-0.1, -0.05) is 99.8 Å². The number of unbranched alkanes of at least 4 members (excludes halogenated alkanes) is 8. The molecule has 0 aromatic heterocycles. The Bertz CT molecular complexity index is 1060. The van der Waals surface area contributed by atoms with Gasteiger partial charge in [-0.05, 0) is 129 Å². The fourth-order valence-electron chi connectivity index (χ4n) is 13.7. The molecule has 5 saturated carbocycles. The molecule has 0 aliphatic heterocycles. The number of aliphatic hydroxyl groups is 2. The van der Waals surface area contributed by atoms with Crippen LogP contribution in [0, 0.1) is 56.7 Å². The number of carbonyl (C=O) groups excluding carboxylic acids is 1. The van der Waals surface area contributed by atoms with Crippen LogP contribution in [-0.2, 0) is 9.53 Å². The van der Waals surface area contributed by atoms with E-state index in [0.29, 0.717) is 30.1 Å². The molecule has 4 heteroatoms. The standard InChI is InChI=1S/C42H74O4/c1-10-11-12-13-14-15-16-17-18-19-35(44)46-34-24-26-39(6)31(37(34,2)3)23-27-41(8)32(39)21-20-30-36-29(38(4,5)45)22-25-40(36,7)33(43)28-42(30,41)9/h29-34,36,43,45H,10-28H2,1-9H3. The smallest absolute Gasteiger partial charge is 0.306 e. The first-order valence-corrected chi connectivity index (χ1v) is 20.1. The highest BCUT2D eigenvalue weighted by Gasteiger charge is 2.72. The van der Waals surface area contributed by atoms with Gasteiger partial charge in [0.1, 0.15) is 6.10 Å². The quantitative estimate of drug-likeness (QED) is 0.164. The van der Waals surface area contributed by atoms with Gasteiger partial charge >= 0.3 is 5.97 Å². The third kappa shape index (κ3) is 6.06. The Kier molecular flexibility index (Phi) is 10.6. The van der Waals surface area contributed by atoms with E-state index in [2.05, 4.69) is 48.5 Å².